The van der Waals surface area contributed by atoms with Crippen molar-refractivity contribution in [1.29, 1.82) is 0 Å². The van der Waals surface area contributed by atoms with E-state index < -0.39 is 6.10 Å². The van der Waals surface area contributed by atoms with Gasteiger partial charge in [0.15, 0.2) is 6.10 Å². The lowest BCUT2D eigenvalue weighted by Crippen LogP contribution is -2.40. The summed E-state index contributed by atoms with van der Waals surface area (Å²) in [5.74, 6) is 0.702. The van der Waals surface area contributed by atoms with Crippen molar-refractivity contribution < 1.29 is 9.53 Å². The summed E-state index contributed by atoms with van der Waals surface area (Å²) in [4.78, 5) is 11.2. The predicted octanol–water partition coefficient (Wildman–Crippen LogP) is 1.72. The van der Waals surface area contributed by atoms with Crippen LogP contribution in [0.15, 0.2) is 23.1 Å². The van der Waals surface area contributed by atoms with Gasteiger partial charge in [0.05, 0.1) is 5.70 Å². The molecule has 1 heterocycles. The minimum atomic E-state index is -0.395. The van der Waals surface area contributed by atoms with Gasteiger partial charge in [0.2, 0.25) is 0 Å². The van der Waals surface area contributed by atoms with Crippen molar-refractivity contribution in [1.82, 2.24) is 5.32 Å². The normalized spacial score (nSPS) is 25.5. The number of ether oxygens (including phenoxy) is 1. The molecular weight excluding hydrogens is 166 g/mol. The van der Waals surface area contributed by atoms with Crippen LogP contribution in [-0.4, -0.2) is 12.0 Å². The summed E-state index contributed by atoms with van der Waals surface area (Å²) in [5.41, 5.74) is 1.84. The Labute approximate surface area is 78.5 Å². The van der Waals surface area contributed by atoms with Crippen LogP contribution < -0.4 is 5.32 Å². The summed E-state index contributed by atoms with van der Waals surface area (Å²) in [7, 11) is 0. The van der Waals surface area contributed by atoms with E-state index in [2.05, 4.69) is 5.32 Å². The highest BCUT2D eigenvalue weighted by molar-refractivity contribution is 5.84. The Balaban J connectivity index is 2.99. The van der Waals surface area contributed by atoms with Gasteiger partial charge < -0.3 is 10.1 Å². The highest BCUT2D eigenvalue weighted by atomic mass is 16.5. The first-order valence-electron chi connectivity index (χ1n) is 4.38. The van der Waals surface area contributed by atoms with E-state index >= 15 is 0 Å². The summed E-state index contributed by atoms with van der Waals surface area (Å²) in [6, 6.07) is 0. The van der Waals surface area contributed by atoms with Gasteiger partial charge in [-0.05, 0) is 33.3 Å². The van der Waals surface area contributed by atoms with E-state index in [1.54, 1.807) is 6.92 Å². The lowest BCUT2D eigenvalue weighted by atomic mass is 10.1. The molecule has 1 atom stereocenters. The van der Waals surface area contributed by atoms with Gasteiger partial charge in [-0.1, -0.05) is 6.08 Å². The van der Waals surface area contributed by atoms with E-state index in [1.807, 2.05) is 26.8 Å². The van der Waals surface area contributed by atoms with Crippen LogP contribution in [0.25, 0.3) is 0 Å². The maximum Gasteiger partial charge on any atom is 0.265 e. The van der Waals surface area contributed by atoms with E-state index in [1.165, 1.54) is 0 Å². The minimum absolute atomic E-state index is 0.0851. The standard InChI is InChI=1S/C10H15NO2/c1-5-8-9(6(2)3)13-7(4)10(12)11-8/h5,7H,1-4H3,(H,11,12)/b8-5+/t7-/m0/s1. The summed E-state index contributed by atoms with van der Waals surface area (Å²) >= 11 is 0. The Morgan fingerprint density at radius 1 is 1.54 bits per heavy atom. The van der Waals surface area contributed by atoms with Gasteiger partial charge >= 0.3 is 0 Å². The molecule has 0 radical (unpaired) electrons. The molecule has 1 amide bonds. The summed E-state index contributed by atoms with van der Waals surface area (Å²) in [6.07, 6.45) is 1.44. The van der Waals surface area contributed by atoms with Crippen molar-refractivity contribution in [2.75, 3.05) is 0 Å². The van der Waals surface area contributed by atoms with Crippen LogP contribution in [0.5, 0.6) is 0 Å². The molecule has 1 aliphatic heterocycles. The zero-order valence-corrected chi connectivity index (χ0v) is 8.47. The SMILES string of the molecule is C/C=C1/NC(=O)[C@H](C)OC1=C(C)C. The van der Waals surface area contributed by atoms with Crippen LogP contribution in [0.1, 0.15) is 27.7 Å². The molecule has 0 spiro atoms. The average Bonchev–Trinajstić information content (AvgIpc) is 2.08. The molecule has 13 heavy (non-hydrogen) atoms. The van der Waals surface area contributed by atoms with Crippen molar-refractivity contribution in [2.24, 2.45) is 0 Å². The van der Waals surface area contributed by atoms with E-state index in [4.69, 9.17) is 4.74 Å². The minimum Gasteiger partial charge on any atom is -0.479 e. The van der Waals surface area contributed by atoms with Crippen molar-refractivity contribution in [3.05, 3.63) is 23.1 Å². The molecule has 1 N–H and O–H groups in total. The molecule has 1 saturated heterocycles. The Hall–Kier alpha value is -1.25. The molecular formula is C10H15NO2. The topological polar surface area (TPSA) is 38.3 Å². The Kier molecular flexibility index (Phi) is 2.76. The number of morpholine rings is 1. The molecule has 1 aliphatic rings. The molecule has 3 heteroatoms. The summed E-state index contributed by atoms with van der Waals surface area (Å²) in [5, 5.41) is 2.79. The van der Waals surface area contributed by atoms with Crippen molar-refractivity contribution >= 4 is 5.91 Å². The second kappa shape index (κ2) is 3.64. The fourth-order valence-electron chi connectivity index (χ4n) is 1.18. The Bertz CT molecular complexity index is 285. The Morgan fingerprint density at radius 3 is 2.62 bits per heavy atom. The first kappa shape index (κ1) is 9.84. The van der Waals surface area contributed by atoms with Gasteiger partial charge in [-0.3, -0.25) is 4.79 Å². The number of rotatable bonds is 0. The van der Waals surface area contributed by atoms with Gasteiger partial charge in [-0.25, -0.2) is 0 Å². The van der Waals surface area contributed by atoms with Crippen LogP contribution in [0, 0.1) is 0 Å². The van der Waals surface area contributed by atoms with Gasteiger partial charge in [-0.2, -0.15) is 0 Å². The van der Waals surface area contributed by atoms with Gasteiger partial charge in [0.1, 0.15) is 5.76 Å². The van der Waals surface area contributed by atoms with E-state index in [9.17, 15) is 4.79 Å². The second-order valence-electron chi connectivity index (χ2n) is 3.28. The Morgan fingerprint density at radius 2 is 2.15 bits per heavy atom. The average molecular weight is 181 g/mol. The quantitative estimate of drug-likeness (QED) is 0.618. The molecule has 0 bridgehead atoms. The molecule has 1 rings (SSSR count). The molecule has 0 aliphatic carbocycles. The van der Waals surface area contributed by atoms with Crippen LogP contribution >= 0.6 is 0 Å². The third-order valence-corrected chi connectivity index (χ3v) is 1.91. The third kappa shape index (κ3) is 1.91. The first-order valence-corrected chi connectivity index (χ1v) is 4.38. The molecule has 72 valence electrons. The molecule has 0 saturated carbocycles. The van der Waals surface area contributed by atoms with Crippen molar-refractivity contribution in [2.45, 2.75) is 33.8 Å². The maximum absolute atomic E-state index is 11.2. The van der Waals surface area contributed by atoms with Crippen LogP contribution in [0.3, 0.4) is 0 Å². The third-order valence-electron chi connectivity index (χ3n) is 1.91. The lowest BCUT2D eigenvalue weighted by Gasteiger charge is -2.26. The van der Waals surface area contributed by atoms with Gasteiger partial charge in [0.25, 0.3) is 5.91 Å². The van der Waals surface area contributed by atoms with Crippen LogP contribution in [0.4, 0.5) is 0 Å². The highest BCUT2D eigenvalue weighted by Crippen LogP contribution is 2.20. The van der Waals surface area contributed by atoms with Crippen LogP contribution in [-0.2, 0) is 9.53 Å². The number of amides is 1. The zero-order valence-electron chi connectivity index (χ0n) is 8.47. The number of allylic oxidation sites excluding steroid dienone is 2. The molecule has 0 aromatic rings. The summed E-state index contributed by atoms with van der Waals surface area (Å²) < 4.78 is 5.46. The van der Waals surface area contributed by atoms with E-state index in [0.717, 1.165) is 17.0 Å². The molecule has 0 unspecified atom stereocenters. The first-order chi connectivity index (χ1) is 6.06. The van der Waals surface area contributed by atoms with Gasteiger partial charge in [-0.15, -0.1) is 0 Å². The number of carbonyl (C=O) groups is 1. The maximum atomic E-state index is 11.2. The molecule has 1 fully saturated rings. The monoisotopic (exact) mass is 181 g/mol. The van der Waals surface area contributed by atoms with E-state index in [0.29, 0.717) is 0 Å². The molecule has 0 aromatic heterocycles. The molecule has 3 nitrogen and oxygen atoms in total. The second-order valence-corrected chi connectivity index (χ2v) is 3.28. The zero-order chi connectivity index (χ0) is 10.0. The number of hydrogen-bond acceptors (Lipinski definition) is 2. The number of nitrogens with one attached hydrogen (secondary N) is 1. The van der Waals surface area contributed by atoms with E-state index in [-0.39, 0.29) is 5.91 Å². The largest absolute Gasteiger partial charge is 0.479 e. The fraction of sp³-hybridized carbons (Fsp3) is 0.500. The van der Waals surface area contributed by atoms with Crippen LogP contribution in [0.2, 0.25) is 0 Å². The highest BCUT2D eigenvalue weighted by Gasteiger charge is 2.25. The summed E-state index contributed by atoms with van der Waals surface area (Å²) in [6.45, 7) is 7.54. The number of hydrogen-bond donors (Lipinski definition) is 1. The van der Waals surface area contributed by atoms with Crippen molar-refractivity contribution in [3.8, 4) is 0 Å². The predicted molar refractivity (Wildman–Crippen MR) is 50.8 cm³/mol. The smallest absolute Gasteiger partial charge is 0.265 e. The lowest BCUT2D eigenvalue weighted by molar-refractivity contribution is -0.130. The van der Waals surface area contributed by atoms with Gasteiger partial charge in [0, 0.05) is 0 Å². The number of carbonyl (C=O) groups excluding carboxylic acids is 1. The molecule has 0 aromatic carbocycles. The van der Waals surface area contributed by atoms with Crippen molar-refractivity contribution in [3.63, 3.8) is 0 Å². The fourth-order valence-corrected chi connectivity index (χ4v) is 1.18.